The molecule has 1 amide bonds. The lowest BCUT2D eigenvalue weighted by molar-refractivity contribution is 0.0948. The number of hydrogen-bond acceptors (Lipinski definition) is 3. The summed E-state index contributed by atoms with van der Waals surface area (Å²) in [5.74, 6) is 0.110. The molecule has 0 heterocycles. The Morgan fingerprint density at radius 3 is 2.63 bits per heavy atom. The zero-order valence-corrected chi connectivity index (χ0v) is 12.1. The van der Waals surface area contributed by atoms with Crippen LogP contribution in [0.25, 0.3) is 0 Å². The molecule has 106 valence electrons. The van der Waals surface area contributed by atoms with Crippen molar-refractivity contribution in [2.45, 2.75) is 27.2 Å². The molecule has 0 aromatic heterocycles. The third-order valence-electron chi connectivity index (χ3n) is 3.16. The van der Waals surface area contributed by atoms with Gasteiger partial charge in [0.25, 0.3) is 5.91 Å². The number of amides is 1. The van der Waals surface area contributed by atoms with E-state index in [9.17, 15) is 9.90 Å². The number of nitrogens with one attached hydrogen (secondary N) is 1. The van der Waals surface area contributed by atoms with Gasteiger partial charge in [0.05, 0.1) is 0 Å². The molecule has 0 atom stereocenters. The monoisotopic (exact) mass is 264 g/mol. The molecule has 0 spiro atoms. The molecule has 4 nitrogen and oxygen atoms in total. The highest BCUT2D eigenvalue weighted by Gasteiger charge is 2.09. The Balaban J connectivity index is 2.47. The molecular weight excluding hydrogens is 240 g/mol. The Morgan fingerprint density at radius 1 is 1.32 bits per heavy atom. The summed E-state index contributed by atoms with van der Waals surface area (Å²) in [5.41, 5.74) is 1.41. The van der Waals surface area contributed by atoms with Gasteiger partial charge in [0, 0.05) is 18.7 Å². The minimum Gasteiger partial charge on any atom is -0.508 e. The Labute approximate surface area is 115 Å². The van der Waals surface area contributed by atoms with E-state index in [1.165, 1.54) is 6.07 Å². The van der Waals surface area contributed by atoms with Crippen LogP contribution in [0.2, 0.25) is 0 Å². The van der Waals surface area contributed by atoms with Crippen molar-refractivity contribution in [3.8, 4) is 5.75 Å². The van der Waals surface area contributed by atoms with Crippen LogP contribution in [0.1, 0.15) is 36.2 Å². The lowest BCUT2D eigenvalue weighted by atomic mass is 10.1. The van der Waals surface area contributed by atoms with Gasteiger partial charge >= 0.3 is 0 Å². The van der Waals surface area contributed by atoms with E-state index in [0.717, 1.165) is 31.6 Å². The van der Waals surface area contributed by atoms with Crippen molar-refractivity contribution in [1.82, 2.24) is 10.2 Å². The number of hydrogen-bond donors (Lipinski definition) is 2. The minimum absolute atomic E-state index is 0.0787. The Kier molecular flexibility index (Phi) is 6.36. The van der Waals surface area contributed by atoms with Gasteiger partial charge in [0.15, 0.2) is 0 Å². The first-order valence-electron chi connectivity index (χ1n) is 6.88. The van der Waals surface area contributed by atoms with Gasteiger partial charge in [-0.15, -0.1) is 0 Å². The summed E-state index contributed by atoms with van der Waals surface area (Å²) in [6, 6.07) is 4.80. The molecule has 19 heavy (non-hydrogen) atoms. The van der Waals surface area contributed by atoms with Crippen LogP contribution in [0.15, 0.2) is 18.2 Å². The van der Waals surface area contributed by atoms with Gasteiger partial charge in [0.1, 0.15) is 5.75 Å². The van der Waals surface area contributed by atoms with Crippen molar-refractivity contribution in [3.05, 3.63) is 29.3 Å². The molecule has 1 aromatic rings. The van der Waals surface area contributed by atoms with Crippen LogP contribution < -0.4 is 5.32 Å². The first-order chi connectivity index (χ1) is 9.08. The van der Waals surface area contributed by atoms with Gasteiger partial charge in [-0.3, -0.25) is 4.79 Å². The van der Waals surface area contributed by atoms with E-state index in [4.69, 9.17) is 0 Å². The Hall–Kier alpha value is -1.55. The third kappa shape index (κ3) is 4.91. The van der Waals surface area contributed by atoms with Crippen molar-refractivity contribution >= 4 is 5.91 Å². The van der Waals surface area contributed by atoms with Gasteiger partial charge in [-0.2, -0.15) is 0 Å². The highest BCUT2D eigenvalue weighted by atomic mass is 16.3. The maximum atomic E-state index is 12.0. The summed E-state index contributed by atoms with van der Waals surface area (Å²) in [6.45, 7) is 9.68. The van der Waals surface area contributed by atoms with Gasteiger partial charge in [-0.1, -0.05) is 13.8 Å². The Bertz CT molecular complexity index is 419. The number of carbonyl (C=O) groups is 1. The molecule has 0 aliphatic heterocycles. The number of carbonyl (C=O) groups excluding carboxylic acids is 1. The van der Waals surface area contributed by atoms with Crippen LogP contribution in [-0.2, 0) is 0 Å². The molecule has 0 radical (unpaired) electrons. The summed E-state index contributed by atoms with van der Waals surface area (Å²) in [4.78, 5) is 14.3. The molecule has 0 aliphatic carbocycles. The van der Waals surface area contributed by atoms with E-state index < -0.39 is 0 Å². The largest absolute Gasteiger partial charge is 0.508 e. The van der Waals surface area contributed by atoms with Gasteiger partial charge in [-0.05, 0) is 50.2 Å². The zero-order chi connectivity index (χ0) is 14.3. The van der Waals surface area contributed by atoms with Crippen molar-refractivity contribution in [2.24, 2.45) is 0 Å². The number of likely N-dealkylation sites (N-methyl/N-ethyl adjacent to an activating group) is 1. The number of aromatic hydroxyl groups is 1. The van der Waals surface area contributed by atoms with Crippen LogP contribution in [-0.4, -0.2) is 42.1 Å². The number of phenolic OH excluding ortho intramolecular Hbond substituents is 1. The average molecular weight is 264 g/mol. The summed E-state index contributed by atoms with van der Waals surface area (Å²) in [7, 11) is 0. The molecule has 0 saturated heterocycles. The standard InChI is InChI=1S/C15H24N2O2/c1-4-9-17(5-2)10-8-16-15(19)14-7-6-13(18)11-12(14)3/h6-7,11,18H,4-5,8-10H2,1-3H3,(H,16,19). The highest BCUT2D eigenvalue weighted by Crippen LogP contribution is 2.15. The molecule has 0 saturated carbocycles. The van der Waals surface area contributed by atoms with Gasteiger partial charge in [0.2, 0.25) is 0 Å². The van der Waals surface area contributed by atoms with Gasteiger partial charge in [-0.25, -0.2) is 0 Å². The molecule has 1 aromatic carbocycles. The predicted octanol–water partition coefficient (Wildman–Crippen LogP) is 2.16. The van der Waals surface area contributed by atoms with Crippen LogP contribution in [0.3, 0.4) is 0 Å². The molecular formula is C15H24N2O2. The van der Waals surface area contributed by atoms with E-state index in [2.05, 4.69) is 24.1 Å². The first kappa shape index (κ1) is 15.5. The molecule has 0 unspecified atom stereocenters. The molecule has 0 aliphatic rings. The van der Waals surface area contributed by atoms with Crippen molar-refractivity contribution in [2.75, 3.05) is 26.2 Å². The SMILES string of the molecule is CCCN(CC)CCNC(=O)c1ccc(O)cc1C. The minimum atomic E-state index is -0.0787. The van der Waals surface area contributed by atoms with E-state index in [0.29, 0.717) is 12.1 Å². The van der Waals surface area contributed by atoms with E-state index in [-0.39, 0.29) is 11.7 Å². The summed E-state index contributed by atoms with van der Waals surface area (Å²) in [6.07, 6.45) is 1.12. The fourth-order valence-electron chi connectivity index (χ4n) is 2.07. The van der Waals surface area contributed by atoms with Crippen LogP contribution in [0.4, 0.5) is 0 Å². The van der Waals surface area contributed by atoms with E-state index in [1.807, 2.05) is 6.92 Å². The fraction of sp³-hybridized carbons (Fsp3) is 0.533. The summed E-state index contributed by atoms with van der Waals surface area (Å²) in [5, 5.41) is 12.2. The molecule has 0 fully saturated rings. The maximum absolute atomic E-state index is 12.0. The van der Waals surface area contributed by atoms with Crippen molar-refractivity contribution in [1.29, 1.82) is 0 Å². The highest BCUT2D eigenvalue weighted by molar-refractivity contribution is 5.95. The van der Waals surface area contributed by atoms with E-state index >= 15 is 0 Å². The molecule has 4 heteroatoms. The lowest BCUT2D eigenvalue weighted by Crippen LogP contribution is -2.35. The topological polar surface area (TPSA) is 52.6 Å². The Morgan fingerprint density at radius 2 is 2.05 bits per heavy atom. The number of phenols is 1. The third-order valence-corrected chi connectivity index (χ3v) is 3.16. The van der Waals surface area contributed by atoms with Crippen LogP contribution in [0, 0.1) is 6.92 Å². The number of nitrogens with zero attached hydrogens (tertiary/aromatic N) is 1. The maximum Gasteiger partial charge on any atom is 0.251 e. The van der Waals surface area contributed by atoms with Crippen molar-refractivity contribution < 1.29 is 9.90 Å². The first-order valence-corrected chi connectivity index (χ1v) is 6.88. The predicted molar refractivity (Wildman–Crippen MR) is 77.6 cm³/mol. The van der Waals surface area contributed by atoms with E-state index in [1.54, 1.807) is 12.1 Å². The van der Waals surface area contributed by atoms with Gasteiger partial charge < -0.3 is 15.3 Å². The summed E-state index contributed by atoms with van der Waals surface area (Å²) >= 11 is 0. The average Bonchev–Trinajstić information content (AvgIpc) is 2.37. The molecule has 0 bridgehead atoms. The second-order valence-electron chi connectivity index (χ2n) is 4.69. The smallest absolute Gasteiger partial charge is 0.251 e. The zero-order valence-electron chi connectivity index (χ0n) is 12.1. The number of aryl methyl sites for hydroxylation is 1. The number of benzene rings is 1. The second-order valence-corrected chi connectivity index (χ2v) is 4.69. The van der Waals surface area contributed by atoms with Crippen molar-refractivity contribution in [3.63, 3.8) is 0 Å². The summed E-state index contributed by atoms with van der Waals surface area (Å²) < 4.78 is 0. The number of rotatable bonds is 7. The molecule has 1 rings (SSSR count). The van der Waals surface area contributed by atoms with Crippen LogP contribution >= 0.6 is 0 Å². The lowest BCUT2D eigenvalue weighted by Gasteiger charge is -2.19. The quantitative estimate of drug-likeness (QED) is 0.793. The molecule has 2 N–H and O–H groups in total. The fourth-order valence-corrected chi connectivity index (χ4v) is 2.07. The normalized spacial score (nSPS) is 10.7. The van der Waals surface area contributed by atoms with Crippen LogP contribution in [0.5, 0.6) is 5.75 Å². The second kappa shape index (κ2) is 7.79.